The second-order valence-electron chi connectivity index (χ2n) is 8.12. The van der Waals surface area contributed by atoms with Crippen LogP contribution in [0.5, 0.6) is 0 Å². The van der Waals surface area contributed by atoms with Crippen molar-refractivity contribution in [2.45, 2.75) is 19.5 Å². The second kappa shape index (κ2) is 9.38. The Hall–Kier alpha value is -4.15. The first kappa shape index (κ1) is 21.7. The van der Waals surface area contributed by atoms with Crippen molar-refractivity contribution in [3.8, 4) is 6.07 Å². The smallest absolute Gasteiger partial charge is 0.249 e. The number of hydrogen-bond donors (Lipinski definition) is 1. The lowest BCUT2D eigenvalue weighted by Gasteiger charge is -2.27. The fraction of sp³-hybridized carbons (Fsp3) is 0.148. The molecule has 0 spiro atoms. The Bertz CT molecular complexity index is 1440. The Labute approximate surface area is 201 Å². The van der Waals surface area contributed by atoms with Gasteiger partial charge in [-0.05, 0) is 41.1 Å². The van der Waals surface area contributed by atoms with Crippen molar-refractivity contribution in [2.24, 2.45) is 0 Å². The fourth-order valence-corrected chi connectivity index (χ4v) is 5.45. The number of nitrogens with zero attached hydrogens (tertiary/aromatic N) is 3. The Balaban J connectivity index is 1.29. The summed E-state index contributed by atoms with van der Waals surface area (Å²) in [5.41, 5.74) is 3.40. The molecule has 3 heterocycles. The van der Waals surface area contributed by atoms with Crippen LogP contribution in [-0.4, -0.2) is 27.8 Å². The molecule has 4 aromatic rings. The molecule has 1 aliphatic heterocycles. The zero-order valence-electron chi connectivity index (χ0n) is 18.4. The van der Waals surface area contributed by atoms with Gasteiger partial charge in [0.15, 0.2) is 0 Å². The predicted octanol–water partition coefficient (Wildman–Crippen LogP) is 4.81. The number of para-hydroxylation sites is 1. The molecule has 34 heavy (non-hydrogen) atoms. The maximum Gasteiger partial charge on any atom is 0.249 e. The third-order valence-corrected chi connectivity index (χ3v) is 7.10. The molecule has 7 heteroatoms. The van der Waals surface area contributed by atoms with E-state index in [0.29, 0.717) is 30.1 Å². The number of carbonyl (C=O) groups excluding carboxylic acids is 2. The van der Waals surface area contributed by atoms with Gasteiger partial charge in [-0.2, -0.15) is 5.26 Å². The first-order chi connectivity index (χ1) is 16.6. The molecule has 0 bridgehead atoms. The van der Waals surface area contributed by atoms with Gasteiger partial charge in [0.25, 0.3) is 0 Å². The van der Waals surface area contributed by atoms with E-state index in [1.54, 1.807) is 6.08 Å². The highest BCUT2D eigenvalue weighted by molar-refractivity contribution is 7.16. The highest BCUT2D eigenvalue weighted by Gasteiger charge is 2.27. The Morgan fingerprint density at radius 1 is 1.09 bits per heavy atom. The molecule has 168 valence electrons. The molecule has 0 saturated carbocycles. The number of anilines is 1. The van der Waals surface area contributed by atoms with E-state index in [1.807, 2.05) is 76.3 Å². The minimum atomic E-state index is -0.286. The van der Waals surface area contributed by atoms with Crippen molar-refractivity contribution in [3.63, 3.8) is 0 Å². The summed E-state index contributed by atoms with van der Waals surface area (Å²) in [7, 11) is 0. The van der Waals surface area contributed by atoms with Gasteiger partial charge in [-0.3, -0.25) is 9.59 Å². The number of nitriles is 1. The highest BCUT2D eigenvalue weighted by Crippen LogP contribution is 2.36. The van der Waals surface area contributed by atoms with E-state index in [1.165, 1.54) is 17.4 Å². The lowest BCUT2D eigenvalue weighted by Crippen LogP contribution is -2.37. The molecule has 2 aromatic heterocycles. The summed E-state index contributed by atoms with van der Waals surface area (Å²) >= 11 is 1.38. The molecule has 0 fully saturated rings. The number of amides is 2. The zero-order chi connectivity index (χ0) is 23.5. The number of rotatable bonds is 5. The summed E-state index contributed by atoms with van der Waals surface area (Å²) in [6, 6.07) is 21.8. The van der Waals surface area contributed by atoms with E-state index in [-0.39, 0.29) is 18.4 Å². The summed E-state index contributed by atoms with van der Waals surface area (Å²) < 4.78 is 1.97. The third-order valence-electron chi connectivity index (χ3n) is 5.97. The fourth-order valence-electron chi connectivity index (χ4n) is 4.24. The number of hydrogen-bond acceptors (Lipinski definition) is 4. The molecule has 0 unspecified atom stereocenters. The topological polar surface area (TPSA) is 78.1 Å². The lowest BCUT2D eigenvalue weighted by molar-refractivity contribution is -0.132. The predicted molar refractivity (Wildman–Crippen MR) is 134 cm³/mol. The van der Waals surface area contributed by atoms with Gasteiger partial charge >= 0.3 is 0 Å². The molecule has 0 atom stereocenters. The number of aromatic nitrogens is 1. The minimum absolute atomic E-state index is 0.0373. The third kappa shape index (κ3) is 4.36. The molecular formula is C27H22N4O2S. The van der Waals surface area contributed by atoms with Crippen molar-refractivity contribution < 1.29 is 9.59 Å². The van der Waals surface area contributed by atoms with Gasteiger partial charge in [0, 0.05) is 29.2 Å². The molecule has 5 rings (SSSR count). The van der Waals surface area contributed by atoms with Crippen LogP contribution in [0, 0.1) is 11.3 Å². The number of carbonyl (C=O) groups is 2. The zero-order valence-corrected chi connectivity index (χ0v) is 19.2. The van der Waals surface area contributed by atoms with E-state index in [2.05, 4.69) is 11.4 Å². The van der Waals surface area contributed by atoms with Gasteiger partial charge < -0.3 is 14.8 Å². The van der Waals surface area contributed by atoms with E-state index in [4.69, 9.17) is 0 Å². The van der Waals surface area contributed by atoms with Crippen LogP contribution in [0.4, 0.5) is 5.00 Å². The van der Waals surface area contributed by atoms with Gasteiger partial charge in [0.1, 0.15) is 17.6 Å². The minimum Gasteiger partial charge on any atom is -0.338 e. The number of nitrogens with one attached hydrogen (secondary N) is 1. The maximum atomic E-state index is 13.0. The van der Waals surface area contributed by atoms with Crippen molar-refractivity contribution >= 4 is 45.1 Å². The van der Waals surface area contributed by atoms with Crippen LogP contribution in [-0.2, 0) is 29.1 Å². The van der Waals surface area contributed by atoms with E-state index in [0.717, 1.165) is 26.9 Å². The van der Waals surface area contributed by atoms with Crippen molar-refractivity contribution in [2.75, 3.05) is 11.9 Å². The Kier molecular flexibility index (Phi) is 5.98. The molecule has 0 radical (unpaired) electrons. The average Bonchev–Trinajstić information content (AvgIpc) is 3.43. The largest absolute Gasteiger partial charge is 0.338 e. The molecule has 1 N–H and O–H groups in total. The molecule has 2 aromatic carbocycles. The van der Waals surface area contributed by atoms with Gasteiger partial charge in [-0.25, -0.2) is 0 Å². The van der Waals surface area contributed by atoms with E-state index < -0.39 is 0 Å². The molecule has 0 saturated heterocycles. The lowest BCUT2D eigenvalue weighted by atomic mass is 10.0. The Morgan fingerprint density at radius 2 is 1.88 bits per heavy atom. The second-order valence-corrected chi connectivity index (χ2v) is 9.23. The molecular weight excluding hydrogens is 444 g/mol. The average molecular weight is 467 g/mol. The van der Waals surface area contributed by atoms with Crippen molar-refractivity contribution in [1.82, 2.24) is 9.47 Å². The summed E-state index contributed by atoms with van der Waals surface area (Å²) in [6.45, 7) is 1.27. The quantitative estimate of drug-likeness (QED) is 0.429. The molecule has 0 aliphatic carbocycles. The molecule has 6 nitrogen and oxygen atoms in total. The van der Waals surface area contributed by atoms with Crippen molar-refractivity contribution in [1.29, 1.82) is 5.26 Å². The van der Waals surface area contributed by atoms with Gasteiger partial charge in [-0.15, -0.1) is 11.3 Å². The Morgan fingerprint density at radius 3 is 2.71 bits per heavy atom. The van der Waals surface area contributed by atoms with Crippen LogP contribution in [0.15, 0.2) is 72.9 Å². The summed E-state index contributed by atoms with van der Waals surface area (Å²) in [5, 5.41) is 14.2. The van der Waals surface area contributed by atoms with Gasteiger partial charge in [-0.1, -0.05) is 48.5 Å². The standard InChI is InChI=1S/C27H22N4O2S/c28-16-22-21-13-15-31(26(33)18-30-14-12-20-8-4-5-9-23(20)30)17-24(21)34-27(22)29-25(32)11-10-19-6-2-1-3-7-19/h1-12,14H,13,15,17-18H2,(H,29,32)/b11-10+. The van der Waals surface area contributed by atoms with Crippen LogP contribution in [0.2, 0.25) is 0 Å². The van der Waals surface area contributed by atoms with E-state index >= 15 is 0 Å². The van der Waals surface area contributed by atoms with Crippen LogP contribution >= 0.6 is 11.3 Å². The summed E-state index contributed by atoms with van der Waals surface area (Å²) in [6.07, 6.45) is 5.74. The monoisotopic (exact) mass is 466 g/mol. The number of benzene rings is 2. The van der Waals surface area contributed by atoms with Crippen LogP contribution in [0.1, 0.15) is 21.6 Å². The molecule has 1 aliphatic rings. The van der Waals surface area contributed by atoms with Gasteiger partial charge in [0.05, 0.1) is 12.1 Å². The van der Waals surface area contributed by atoms with Crippen LogP contribution < -0.4 is 5.32 Å². The first-order valence-corrected chi connectivity index (χ1v) is 11.8. The first-order valence-electron chi connectivity index (χ1n) is 11.0. The van der Waals surface area contributed by atoms with E-state index in [9.17, 15) is 14.9 Å². The molecule has 2 amide bonds. The normalized spacial score (nSPS) is 13.1. The van der Waals surface area contributed by atoms with Crippen molar-refractivity contribution in [3.05, 3.63) is 94.5 Å². The van der Waals surface area contributed by atoms with Crippen LogP contribution in [0.25, 0.3) is 17.0 Å². The number of fused-ring (bicyclic) bond motifs is 2. The maximum absolute atomic E-state index is 13.0. The summed E-state index contributed by atoms with van der Waals surface area (Å²) in [4.78, 5) is 28.3. The highest BCUT2D eigenvalue weighted by atomic mass is 32.1. The van der Waals surface area contributed by atoms with Crippen LogP contribution in [0.3, 0.4) is 0 Å². The SMILES string of the molecule is N#Cc1c(NC(=O)/C=C/c2ccccc2)sc2c1CCN(C(=O)Cn1ccc3ccccc31)C2. The number of thiophene rings is 1. The summed E-state index contributed by atoms with van der Waals surface area (Å²) in [5.74, 6) is -0.248. The van der Waals surface area contributed by atoms with Gasteiger partial charge in [0.2, 0.25) is 11.8 Å².